The zero-order valence-corrected chi connectivity index (χ0v) is 24.1. The molecule has 40 heavy (non-hydrogen) atoms. The zero-order valence-electron chi connectivity index (χ0n) is 21.7. The lowest BCUT2D eigenvalue weighted by atomic mass is 10.0. The van der Waals surface area contributed by atoms with Gasteiger partial charge in [0.15, 0.2) is 0 Å². The van der Waals surface area contributed by atoms with Crippen molar-refractivity contribution in [3.05, 3.63) is 63.6 Å². The first-order chi connectivity index (χ1) is 19.0. The Morgan fingerprint density at radius 1 is 0.900 bits per heavy atom. The number of amides is 5. The van der Waals surface area contributed by atoms with Gasteiger partial charge in [0.1, 0.15) is 0 Å². The van der Waals surface area contributed by atoms with E-state index in [4.69, 9.17) is 28.9 Å². The van der Waals surface area contributed by atoms with E-state index in [0.29, 0.717) is 61.9 Å². The third-order valence-corrected chi connectivity index (χ3v) is 9.20. The van der Waals surface area contributed by atoms with Crippen LogP contribution in [0.3, 0.4) is 0 Å². The van der Waals surface area contributed by atoms with Gasteiger partial charge in [-0.05, 0) is 61.6 Å². The van der Waals surface area contributed by atoms with Gasteiger partial charge in [0, 0.05) is 60.4 Å². The van der Waals surface area contributed by atoms with Crippen molar-refractivity contribution in [2.24, 2.45) is 5.73 Å². The number of benzene rings is 2. The number of sulfonamides is 1. The second kappa shape index (κ2) is 13.1. The number of primary amides is 1. The number of likely N-dealkylation sites (tertiary alicyclic amines) is 2. The highest BCUT2D eigenvalue weighted by Gasteiger charge is 2.27. The summed E-state index contributed by atoms with van der Waals surface area (Å²) in [6.07, 6.45) is 2.02. The van der Waals surface area contributed by atoms with E-state index in [1.54, 1.807) is 29.2 Å². The molecular formula is C26H32Cl2N6O5S. The maximum absolute atomic E-state index is 13.0. The monoisotopic (exact) mass is 610 g/mol. The number of rotatable bonds is 7. The Morgan fingerprint density at radius 2 is 1.55 bits per heavy atom. The van der Waals surface area contributed by atoms with Gasteiger partial charge >= 0.3 is 12.1 Å². The van der Waals surface area contributed by atoms with Gasteiger partial charge < -0.3 is 26.2 Å². The van der Waals surface area contributed by atoms with Gasteiger partial charge in [0.25, 0.3) is 5.91 Å². The van der Waals surface area contributed by atoms with Gasteiger partial charge in [-0.15, -0.1) is 0 Å². The summed E-state index contributed by atoms with van der Waals surface area (Å²) >= 11 is 12.1. The number of hydrogen-bond donors (Lipinski definition) is 4. The van der Waals surface area contributed by atoms with Crippen LogP contribution in [0, 0.1) is 0 Å². The lowest BCUT2D eigenvalue weighted by Gasteiger charge is -2.32. The Morgan fingerprint density at radius 3 is 2.20 bits per heavy atom. The molecule has 4 rings (SSSR count). The van der Waals surface area contributed by atoms with E-state index >= 15 is 0 Å². The number of carbonyl (C=O) groups is 3. The average molecular weight is 612 g/mol. The fraction of sp³-hybridized carbons (Fsp3) is 0.423. The third kappa shape index (κ3) is 7.78. The van der Waals surface area contributed by atoms with Crippen LogP contribution < -0.4 is 21.1 Å². The van der Waals surface area contributed by atoms with E-state index < -0.39 is 16.1 Å². The lowest BCUT2D eigenvalue weighted by molar-refractivity contribution is 0.0917. The summed E-state index contributed by atoms with van der Waals surface area (Å²) in [5.41, 5.74) is 6.27. The molecule has 2 aliphatic heterocycles. The number of nitrogens with zero attached hydrogens (tertiary/aromatic N) is 2. The molecule has 0 unspecified atom stereocenters. The molecule has 2 aromatic rings. The largest absolute Gasteiger partial charge is 0.351 e. The number of nitrogens with one attached hydrogen (secondary N) is 3. The summed E-state index contributed by atoms with van der Waals surface area (Å²) in [5.74, 6) is -0.382. The molecule has 11 nitrogen and oxygen atoms in total. The molecule has 216 valence electrons. The van der Waals surface area contributed by atoms with Crippen molar-refractivity contribution in [1.29, 1.82) is 0 Å². The average Bonchev–Trinajstić information content (AvgIpc) is 2.93. The predicted octanol–water partition coefficient (Wildman–Crippen LogP) is 2.92. The molecule has 0 saturated carbocycles. The van der Waals surface area contributed by atoms with Crippen LogP contribution in [0.15, 0.2) is 47.4 Å². The summed E-state index contributed by atoms with van der Waals surface area (Å²) < 4.78 is 28.6. The summed E-state index contributed by atoms with van der Waals surface area (Å²) in [6, 6.07) is 9.74. The number of halogens is 2. The van der Waals surface area contributed by atoms with Crippen molar-refractivity contribution in [3.63, 3.8) is 0 Å². The summed E-state index contributed by atoms with van der Waals surface area (Å²) in [5, 5.41) is 6.80. The van der Waals surface area contributed by atoms with E-state index in [0.717, 1.165) is 5.56 Å². The minimum Gasteiger partial charge on any atom is -0.351 e. The quantitative estimate of drug-likeness (QED) is 0.379. The normalized spacial score (nSPS) is 16.9. The molecule has 2 aromatic carbocycles. The van der Waals surface area contributed by atoms with Crippen LogP contribution in [0.25, 0.3) is 0 Å². The van der Waals surface area contributed by atoms with Crippen LogP contribution in [0.2, 0.25) is 10.0 Å². The summed E-state index contributed by atoms with van der Waals surface area (Å²) in [6.45, 7) is 1.94. The standard InChI is InChI=1S/C26H32Cl2N6O5S/c27-19-5-4-18(23(28)15-19)16-30-26(37)34-12-6-20(7-13-34)31-24(35)17-2-1-3-22(14-17)40(38,39)32-21-8-10-33(11-9-21)25(29)36/h1-5,14-15,20-21,32H,6-13,16H2,(H2,29,36)(H,30,37)(H,31,35). The molecule has 5 amide bonds. The molecule has 0 aromatic heterocycles. The van der Waals surface area contributed by atoms with Gasteiger partial charge in [0.05, 0.1) is 4.90 Å². The Hall–Kier alpha value is -3.06. The Labute approximate surface area is 243 Å². The number of carbonyl (C=O) groups excluding carboxylic acids is 3. The molecule has 2 saturated heterocycles. The third-order valence-electron chi connectivity index (χ3n) is 7.10. The Bertz CT molecular complexity index is 1360. The van der Waals surface area contributed by atoms with Crippen molar-refractivity contribution in [2.75, 3.05) is 26.2 Å². The van der Waals surface area contributed by atoms with Gasteiger partial charge in [-0.1, -0.05) is 35.3 Å². The van der Waals surface area contributed by atoms with Crippen molar-refractivity contribution in [2.45, 2.75) is 49.2 Å². The highest BCUT2D eigenvalue weighted by Crippen LogP contribution is 2.21. The molecule has 0 bridgehead atoms. The van der Waals surface area contributed by atoms with Gasteiger partial charge in [-0.2, -0.15) is 0 Å². The second-order valence-corrected chi connectivity index (χ2v) is 12.4. The maximum atomic E-state index is 13.0. The smallest absolute Gasteiger partial charge is 0.317 e. The molecule has 5 N–H and O–H groups in total. The molecule has 0 radical (unpaired) electrons. The van der Waals surface area contributed by atoms with E-state index in [1.807, 2.05) is 0 Å². The topological polar surface area (TPSA) is 154 Å². The van der Waals surface area contributed by atoms with Crippen molar-refractivity contribution in [1.82, 2.24) is 25.2 Å². The Balaban J connectivity index is 1.26. The molecule has 0 atom stereocenters. The molecule has 14 heteroatoms. The van der Waals surface area contributed by atoms with Gasteiger partial charge in [-0.25, -0.2) is 22.7 Å². The Kier molecular flexibility index (Phi) is 9.77. The van der Waals surface area contributed by atoms with Crippen LogP contribution >= 0.6 is 23.2 Å². The van der Waals surface area contributed by atoms with Crippen molar-refractivity contribution < 1.29 is 22.8 Å². The van der Waals surface area contributed by atoms with Crippen molar-refractivity contribution in [3.8, 4) is 0 Å². The van der Waals surface area contributed by atoms with Crippen LogP contribution in [0.1, 0.15) is 41.6 Å². The van der Waals surface area contributed by atoms with Gasteiger partial charge in [-0.3, -0.25) is 4.79 Å². The number of piperidine rings is 2. The lowest BCUT2D eigenvalue weighted by Crippen LogP contribution is -2.49. The SMILES string of the molecule is NC(=O)N1CCC(NS(=O)(=O)c2cccc(C(=O)NC3CCN(C(=O)NCc4ccc(Cl)cc4Cl)CC3)c2)CC1. The fourth-order valence-corrected chi connectivity index (χ4v) is 6.58. The molecule has 2 aliphatic rings. The first-order valence-electron chi connectivity index (χ1n) is 13.0. The fourth-order valence-electron chi connectivity index (χ4n) is 4.75. The van der Waals surface area contributed by atoms with Crippen LogP contribution in [-0.4, -0.2) is 74.4 Å². The molecule has 0 aliphatic carbocycles. The minimum absolute atomic E-state index is 0.00948. The first kappa shape index (κ1) is 29.9. The number of urea groups is 2. The van der Waals surface area contributed by atoms with Crippen molar-refractivity contribution >= 4 is 51.2 Å². The highest BCUT2D eigenvalue weighted by atomic mass is 35.5. The van der Waals surface area contributed by atoms with E-state index in [-0.39, 0.29) is 41.0 Å². The van der Waals surface area contributed by atoms with E-state index in [9.17, 15) is 22.8 Å². The van der Waals surface area contributed by atoms with E-state index in [2.05, 4.69) is 15.4 Å². The molecular weight excluding hydrogens is 579 g/mol. The summed E-state index contributed by atoms with van der Waals surface area (Å²) in [7, 11) is -3.86. The highest BCUT2D eigenvalue weighted by molar-refractivity contribution is 7.89. The summed E-state index contributed by atoms with van der Waals surface area (Å²) in [4.78, 5) is 40.0. The van der Waals surface area contributed by atoms with Gasteiger partial charge in [0.2, 0.25) is 10.0 Å². The minimum atomic E-state index is -3.86. The zero-order chi connectivity index (χ0) is 28.9. The first-order valence-corrected chi connectivity index (χ1v) is 15.2. The van der Waals surface area contributed by atoms with E-state index in [1.165, 1.54) is 23.1 Å². The number of nitrogens with two attached hydrogens (primary N) is 1. The van der Waals surface area contributed by atoms with Crippen LogP contribution in [-0.2, 0) is 16.6 Å². The second-order valence-electron chi connectivity index (χ2n) is 9.88. The number of hydrogen-bond acceptors (Lipinski definition) is 5. The molecule has 2 fully saturated rings. The predicted molar refractivity (Wildman–Crippen MR) is 152 cm³/mol. The van der Waals surface area contributed by atoms with Crippen LogP contribution in [0.4, 0.5) is 9.59 Å². The molecule has 0 spiro atoms. The molecule has 2 heterocycles. The maximum Gasteiger partial charge on any atom is 0.317 e. The van der Waals surface area contributed by atoms with Crippen LogP contribution in [0.5, 0.6) is 0 Å².